The first kappa shape index (κ1) is 14.5. The Morgan fingerprint density at radius 2 is 2.10 bits per heavy atom. The van der Waals surface area contributed by atoms with Crippen molar-refractivity contribution in [3.05, 3.63) is 58.1 Å². The molecule has 1 aromatic heterocycles. The summed E-state index contributed by atoms with van der Waals surface area (Å²) in [5.74, 6) is 0.812. The second-order valence-corrected chi connectivity index (χ2v) is 7.02. The average Bonchev–Trinajstić information content (AvgIpc) is 2.39. The van der Waals surface area contributed by atoms with Crippen molar-refractivity contribution >= 4 is 11.6 Å². The lowest BCUT2D eigenvalue weighted by atomic mass is 9.74. The fraction of sp³-hybridized carbons (Fsp3) is 0.412. The van der Waals surface area contributed by atoms with Crippen LogP contribution in [-0.2, 0) is 12.8 Å². The maximum absolute atomic E-state index is 6.25. The molecule has 21 heavy (non-hydrogen) atoms. The first-order chi connectivity index (χ1) is 9.94. The van der Waals surface area contributed by atoms with Crippen molar-refractivity contribution in [2.75, 3.05) is 0 Å². The van der Waals surface area contributed by atoms with Crippen LogP contribution in [0.25, 0.3) is 0 Å². The molecule has 0 saturated heterocycles. The molecule has 0 radical (unpaired) electrons. The number of halogens is 1. The summed E-state index contributed by atoms with van der Waals surface area (Å²) in [5.41, 5.74) is 9.69. The molecule has 0 aliphatic heterocycles. The number of nitrogens with zero attached hydrogens (tertiary/aromatic N) is 2. The van der Waals surface area contributed by atoms with Gasteiger partial charge in [-0.2, -0.15) is 0 Å². The standard InChI is InChI=1S/C17H20ClN3/c1-17(2)8-14(19)12-10-20-16(21-15(12)9-17)7-11-5-3-4-6-13(11)18/h3-6,10,14H,7-9,19H2,1-2H3. The average molecular weight is 302 g/mol. The number of fused-ring (bicyclic) bond motifs is 1. The zero-order valence-electron chi connectivity index (χ0n) is 12.4. The van der Waals surface area contributed by atoms with E-state index in [1.54, 1.807) is 0 Å². The van der Waals surface area contributed by atoms with Crippen LogP contribution in [0.1, 0.15) is 49.0 Å². The van der Waals surface area contributed by atoms with Gasteiger partial charge in [0.2, 0.25) is 0 Å². The van der Waals surface area contributed by atoms with Crippen LogP contribution < -0.4 is 5.73 Å². The molecular weight excluding hydrogens is 282 g/mol. The Labute approximate surface area is 130 Å². The van der Waals surface area contributed by atoms with Gasteiger partial charge in [0.25, 0.3) is 0 Å². The predicted molar refractivity (Wildman–Crippen MR) is 85.3 cm³/mol. The van der Waals surface area contributed by atoms with E-state index in [-0.39, 0.29) is 11.5 Å². The Hall–Kier alpha value is -1.45. The highest BCUT2D eigenvalue weighted by molar-refractivity contribution is 6.31. The highest BCUT2D eigenvalue weighted by atomic mass is 35.5. The monoisotopic (exact) mass is 301 g/mol. The Morgan fingerprint density at radius 3 is 2.86 bits per heavy atom. The molecule has 0 saturated carbocycles. The molecule has 0 fully saturated rings. The van der Waals surface area contributed by atoms with Gasteiger partial charge in [0.1, 0.15) is 5.82 Å². The maximum Gasteiger partial charge on any atom is 0.132 e. The van der Waals surface area contributed by atoms with E-state index in [4.69, 9.17) is 22.3 Å². The van der Waals surface area contributed by atoms with E-state index in [0.29, 0.717) is 6.42 Å². The molecule has 1 atom stereocenters. The van der Waals surface area contributed by atoms with Gasteiger partial charge in [-0.25, -0.2) is 9.97 Å². The quantitative estimate of drug-likeness (QED) is 0.920. The fourth-order valence-electron chi connectivity index (χ4n) is 3.05. The third-order valence-corrected chi connectivity index (χ3v) is 4.44. The third-order valence-electron chi connectivity index (χ3n) is 4.07. The number of nitrogens with two attached hydrogens (primary N) is 1. The van der Waals surface area contributed by atoms with Gasteiger partial charge in [-0.05, 0) is 29.9 Å². The number of aromatic nitrogens is 2. The Balaban J connectivity index is 1.91. The molecule has 1 aliphatic carbocycles. The van der Waals surface area contributed by atoms with Crippen molar-refractivity contribution in [1.82, 2.24) is 9.97 Å². The van der Waals surface area contributed by atoms with Crippen molar-refractivity contribution in [3.8, 4) is 0 Å². The minimum absolute atomic E-state index is 0.0399. The van der Waals surface area contributed by atoms with Crippen LogP contribution in [0.4, 0.5) is 0 Å². The molecule has 110 valence electrons. The van der Waals surface area contributed by atoms with Crippen molar-refractivity contribution < 1.29 is 0 Å². The summed E-state index contributed by atoms with van der Waals surface area (Å²) >= 11 is 6.21. The van der Waals surface area contributed by atoms with Gasteiger partial charge in [-0.1, -0.05) is 43.6 Å². The third kappa shape index (κ3) is 3.09. The summed E-state index contributed by atoms with van der Waals surface area (Å²) < 4.78 is 0. The minimum atomic E-state index is 0.0399. The lowest BCUT2D eigenvalue weighted by molar-refractivity contribution is 0.277. The molecule has 2 aromatic rings. The molecule has 0 spiro atoms. The SMILES string of the molecule is CC1(C)Cc2nc(Cc3ccccc3Cl)ncc2C(N)C1. The van der Waals surface area contributed by atoms with E-state index in [9.17, 15) is 0 Å². The maximum atomic E-state index is 6.25. The van der Waals surface area contributed by atoms with Gasteiger partial charge in [0.05, 0.1) is 0 Å². The highest BCUT2D eigenvalue weighted by Gasteiger charge is 2.31. The van der Waals surface area contributed by atoms with Crippen LogP contribution in [0.2, 0.25) is 5.02 Å². The van der Waals surface area contributed by atoms with Gasteiger partial charge in [0, 0.05) is 34.9 Å². The van der Waals surface area contributed by atoms with E-state index in [1.165, 1.54) is 0 Å². The topological polar surface area (TPSA) is 51.8 Å². The van der Waals surface area contributed by atoms with Crippen molar-refractivity contribution in [1.29, 1.82) is 0 Å². The predicted octanol–water partition coefficient (Wildman–Crippen LogP) is 3.69. The molecule has 1 aromatic carbocycles. The first-order valence-electron chi connectivity index (χ1n) is 7.28. The van der Waals surface area contributed by atoms with Crippen LogP contribution in [-0.4, -0.2) is 9.97 Å². The summed E-state index contributed by atoms with van der Waals surface area (Å²) in [6.07, 6.45) is 4.48. The first-order valence-corrected chi connectivity index (χ1v) is 7.66. The summed E-state index contributed by atoms with van der Waals surface area (Å²) in [4.78, 5) is 9.22. The fourth-order valence-corrected chi connectivity index (χ4v) is 3.25. The molecule has 2 N–H and O–H groups in total. The zero-order valence-corrected chi connectivity index (χ0v) is 13.2. The van der Waals surface area contributed by atoms with Crippen molar-refractivity contribution in [2.24, 2.45) is 11.1 Å². The van der Waals surface area contributed by atoms with E-state index in [2.05, 4.69) is 18.8 Å². The van der Waals surface area contributed by atoms with E-state index in [1.807, 2.05) is 30.5 Å². The molecule has 3 nitrogen and oxygen atoms in total. The van der Waals surface area contributed by atoms with Crippen LogP contribution in [0.5, 0.6) is 0 Å². The largest absolute Gasteiger partial charge is 0.324 e. The molecule has 3 rings (SSSR count). The molecule has 1 heterocycles. The Bertz CT molecular complexity index is 667. The van der Waals surface area contributed by atoms with Gasteiger partial charge in [-0.15, -0.1) is 0 Å². The molecular formula is C17H20ClN3. The summed E-state index contributed by atoms with van der Waals surface area (Å²) in [6.45, 7) is 4.48. The number of hydrogen-bond acceptors (Lipinski definition) is 3. The molecule has 1 aliphatic rings. The number of hydrogen-bond donors (Lipinski definition) is 1. The smallest absolute Gasteiger partial charge is 0.132 e. The van der Waals surface area contributed by atoms with Crippen LogP contribution in [0, 0.1) is 5.41 Å². The summed E-state index contributed by atoms with van der Waals surface area (Å²) in [6, 6.07) is 7.87. The second kappa shape index (κ2) is 5.39. The van der Waals surface area contributed by atoms with Gasteiger partial charge < -0.3 is 5.73 Å². The van der Waals surface area contributed by atoms with Crippen LogP contribution in [0.15, 0.2) is 30.5 Å². The number of benzene rings is 1. The van der Waals surface area contributed by atoms with Gasteiger partial charge >= 0.3 is 0 Å². The van der Waals surface area contributed by atoms with Gasteiger partial charge in [-0.3, -0.25) is 0 Å². The van der Waals surface area contributed by atoms with Gasteiger partial charge in [0.15, 0.2) is 0 Å². The highest BCUT2D eigenvalue weighted by Crippen LogP contribution is 2.38. The molecule has 4 heteroatoms. The lowest BCUT2D eigenvalue weighted by Gasteiger charge is -2.34. The molecule has 0 amide bonds. The lowest BCUT2D eigenvalue weighted by Crippen LogP contribution is -2.31. The Kier molecular flexibility index (Phi) is 3.72. The molecule has 0 bridgehead atoms. The van der Waals surface area contributed by atoms with E-state index >= 15 is 0 Å². The summed E-state index contributed by atoms with van der Waals surface area (Å²) in [5, 5.41) is 0.760. The zero-order chi connectivity index (χ0) is 15.0. The van der Waals surface area contributed by atoms with E-state index < -0.39 is 0 Å². The number of rotatable bonds is 2. The summed E-state index contributed by atoms with van der Waals surface area (Å²) in [7, 11) is 0. The van der Waals surface area contributed by atoms with E-state index in [0.717, 1.165) is 40.5 Å². The normalized spacial score (nSPS) is 20.1. The Morgan fingerprint density at radius 1 is 1.33 bits per heavy atom. The molecule has 1 unspecified atom stereocenters. The van der Waals surface area contributed by atoms with Crippen LogP contribution >= 0.6 is 11.6 Å². The van der Waals surface area contributed by atoms with Crippen molar-refractivity contribution in [3.63, 3.8) is 0 Å². The van der Waals surface area contributed by atoms with Crippen LogP contribution in [0.3, 0.4) is 0 Å². The second-order valence-electron chi connectivity index (χ2n) is 6.61. The van der Waals surface area contributed by atoms with Crippen molar-refractivity contribution in [2.45, 2.75) is 39.2 Å². The minimum Gasteiger partial charge on any atom is -0.324 e.